The number of alkyl halides is 6. The molecule has 4 aromatic rings. The van der Waals surface area contributed by atoms with E-state index in [0.29, 0.717) is 10.6 Å². The molecule has 1 aromatic carbocycles. The second kappa shape index (κ2) is 8.47. The van der Waals surface area contributed by atoms with Crippen LogP contribution in [0.1, 0.15) is 17.0 Å². The summed E-state index contributed by atoms with van der Waals surface area (Å²) in [6.45, 7) is 0. The third-order valence-electron chi connectivity index (χ3n) is 3.92. The molecule has 31 heavy (non-hydrogen) atoms. The molecule has 0 atom stereocenters. The lowest BCUT2D eigenvalue weighted by Gasteiger charge is -2.12. The Balaban J connectivity index is 0.000000391. The number of benzene rings is 1. The zero-order chi connectivity index (χ0) is 22.6. The van der Waals surface area contributed by atoms with Crippen LogP contribution in [0.15, 0.2) is 67.0 Å². The van der Waals surface area contributed by atoms with Crippen molar-refractivity contribution in [1.29, 1.82) is 0 Å². The second-order valence-electron chi connectivity index (χ2n) is 6.07. The molecule has 0 bridgehead atoms. The Kier molecular flexibility index (Phi) is 5.97. The van der Waals surface area contributed by atoms with Crippen molar-refractivity contribution in [2.45, 2.75) is 12.4 Å². The number of hydrogen-bond acceptors (Lipinski definition) is 3. The van der Waals surface area contributed by atoms with E-state index in [2.05, 4.69) is 21.0 Å². The van der Waals surface area contributed by atoms with Crippen LogP contribution < -0.4 is 0 Å². The summed E-state index contributed by atoms with van der Waals surface area (Å²) in [6.07, 6.45) is -0.791. The van der Waals surface area contributed by atoms with Gasteiger partial charge in [0.2, 0.25) is 0 Å². The fourth-order valence-electron chi connectivity index (χ4n) is 2.56. The zero-order valence-electron chi connectivity index (χ0n) is 15.5. The number of pyridine rings is 1. The fourth-order valence-corrected chi connectivity index (χ4v) is 2.56. The van der Waals surface area contributed by atoms with E-state index in [0.717, 1.165) is 24.3 Å². The van der Waals surface area contributed by atoms with E-state index in [9.17, 15) is 26.3 Å². The van der Waals surface area contributed by atoms with Gasteiger partial charge in [0.25, 0.3) is 0 Å². The predicted octanol–water partition coefficient (Wildman–Crippen LogP) is 5.50. The number of rotatable bonds is 1. The van der Waals surface area contributed by atoms with Gasteiger partial charge in [0.15, 0.2) is 11.3 Å². The first-order chi connectivity index (χ1) is 14.6. The first kappa shape index (κ1) is 21.8. The Bertz CT molecular complexity index is 1190. The number of fused-ring (bicyclic) bond motifs is 1. The topological polar surface area (TPSA) is 43.1 Å². The summed E-state index contributed by atoms with van der Waals surface area (Å²) < 4.78 is 78.8. The molecule has 3 heterocycles. The van der Waals surface area contributed by atoms with Crippen molar-refractivity contribution in [3.05, 3.63) is 83.9 Å². The van der Waals surface area contributed by atoms with Crippen LogP contribution in [0.4, 0.5) is 26.3 Å². The quantitative estimate of drug-likeness (QED) is 0.294. The number of nitrogens with zero attached hydrogens (tertiary/aromatic N) is 4. The summed E-state index contributed by atoms with van der Waals surface area (Å²) in [4.78, 5) is 7.73. The summed E-state index contributed by atoms with van der Waals surface area (Å²) in [5, 5.41) is 3.61. The van der Waals surface area contributed by atoms with Crippen LogP contribution in [0.5, 0.6) is 0 Å². The fraction of sp³-hybridized carbons (Fsp3) is 0.0952. The van der Waals surface area contributed by atoms with Gasteiger partial charge < -0.3 is 0 Å². The van der Waals surface area contributed by atoms with Gasteiger partial charge in [-0.25, -0.2) is 9.50 Å². The molecule has 3 aromatic heterocycles. The standard InChI is InChI=1S/C16H7F6N3.C5H5N/c1-2-11-7-14-23-12(8-13(16(20,21)22)25(14)24-11)9-4-3-5-10(6-9)15(17,18)19;1-2-4-6-5-3-1/h1,3-8H;1-5H. The minimum atomic E-state index is -4.80. The molecule has 0 saturated heterocycles. The third-order valence-corrected chi connectivity index (χ3v) is 3.92. The van der Waals surface area contributed by atoms with Gasteiger partial charge in [-0.05, 0) is 36.3 Å². The maximum atomic E-state index is 13.3. The maximum Gasteiger partial charge on any atom is 0.433 e. The lowest BCUT2D eigenvalue weighted by atomic mass is 10.1. The molecule has 158 valence electrons. The Hall–Kier alpha value is -3.87. The highest BCUT2D eigenvalue weighted by atomic mass is 19.4. The van der Waals surface area contributed by atoms with Crippen molar-refractivity contribution in [1.82, 2.24) is 19.6 Å². The highest BCUT2D eigenvalue weighted by Crippen LogP contribution is 2.35. The Morgan fingerprint density at radius 2 is 1.55 bits per heavy atom. The predicted molar refractivity (Wildman–Crippen MR) is 101 cm³/mol. The first-order valence-electron chi connectivity index (χ1n) is 8.57. The molecule has 0 saturated carbocycles. The monoisotopic (exact) mass is 434 g/mol. The Labute approximate surface area is 172 Å². The Morgan fingerprint density at radius 3 is 2.06 bits per heavy atom. The molecule has 0 fully saturated rings. The van der Waals surface area contributed by atoms with Crippen molar-refractivity contribution in [2.75, 3.05) is 0 Å². The molecular formula is C21H12F6N4. The summed E-state index contributed by atoms with van der Waals surface area (Å²) in [6, 6.07) is 11.4. The minimum absolute atomic E-state index is 0.0702. The van der Waals surface area contributed by atoms with Gasteiger partial charge in [-0.1, -0.05) is 18.2 Å². The van der Waals surface area contributed by atoms with E-state index < -0.39 is 23.6 Å². The zero-order valence-corrected chi connectivity index (χ0v) is 15.5. The smallest absolute Gasteiger partial charge is 0.265 e. The van der Waals surface area contributed by atoms with E-state index in [1.54, 1.807) is 12.4 Å². The van der Waals surface area contributed by atoms with Crippen molar-refractivity contribution in [3.63, 3.8) is 0 Å². The molecule has 0 aliphatic carbocycles. The van der Waals surface area contributed by atoms with Crippen LogP contribution >= 0.6 is 0 Å². The van der Waals surface area contributed by atoms with E-state index >= 15 is 0 Å². The minimum Gasteiger partial charge on any atom is -0.265 e. The lowest BCUT2D eigenvalue weighted by Crippen LogP contribution is -2.14. The molecule has 10 heteroatoms. The van der Waals surface area contributed by atoms with Crippen LogP contribution in [-0.4, -0.2) is 19.6 Å². The maximum absolute atomic E-state index is 13.3. The SMILES string of the molecule is C#Cc1cc2nc(-c3cccc(C(F)(F)F)c3)cc(C(F)(F)F)n2n1.c1ccncc1. The molecule has 4 rings (SSSR count). The van der Waals surface area contributed by atoms with Gasteiger partial charge >= 0.3 is 12.4 Å². The van der Waals surface area contributed by atoms with Crippen LogP contribution in [0.3, 0.4) is 0 Å². The third kappa shape index (κ3) is 5.19. The van der Waals surface area contributed by atoms with Gasteiger partial charge in [0.05, 0.1) is 11.3 Å². The van der Waals surface area contributed by atoms with Crippen molar-refractivity contribution in [2.24, 2.45) is 0 Å². The normalized spacial score (nSPS) is 11.5. The van der Waals surface area contributed by atoms with Gasteiger partial charge in [-0.2, -0.15) is 31.4 Å². The first-order valence-corrected chi connectivity index (χ1v) is 8.57. The van der Waals surface area contributed by atoms with E-state index in [1.165, 1.54) is 6.07 Å². The van der Waals surface area contributed by atoms with Gasteiger partial charge in [0.1, 0.15) is 5.69 Å². The highest BCUT2D eigenvalue weighted by Gasteiger charge is 2.36. The summed E-state index contributed by atoms with van der Waals surface area (Å²) in [5.74, 6) is 2.10. The van der Waals surface area contributed by atoms with E-state index in [1.807, 2.05) is 18.2 Å². The largest absolute Gasteiger partial charge is 0.433 e. The molecule has 0 amide bonds. The molecule has 4 nitrogen and oxygen atoms in total. The van der Waals surface area contributed by atoms with Gasteiger partial charge in [-0.15, -0.1) is 6.42 Å². The highest BCUT2D eigenvalue weighted by molar-refractivity contribution is 5.64. The van der Waals surface area contributed by atoms with E-state index in [-0.39, 0.29) is 22.6 Å². The van der Waals surface area contributed by atoms with E-state index in [4.69, 9.17) is 6.42 Å². The molecule has 0 radical (unpaired) electrons. The van der Waals surface area contributed by atoms with Crippen LogP contribution in [-0.2, 0) is 12.4 Å². The molecule has 0 unspecified atom stereocenters. The summed E-state index contributed by atoms with van der Waals surface area (Å²) in [7, 11) is 0. The number of halogens is 6. The number of terminal acetylenes is 1. The van der Waals surface area contributed by atoms with Gasteiger partial charge in [-0.3, -0.25) is 4.98 Å². The van der Waals surface area contributed by atoms with Gasteiger partial charge in [0, 0.05) is 24.0 Å². The molecular weight excluding hydrogens is 422 g/mol. The second-order valence-corrected chi connectivity index (χ2v) is 6.07. The lowest BCUT2D eigenvalue weighted by molar-refractivity contribution is -0.142. The van der Waals surface area contributed by atoms with Crippen molar-refractivity contribution in [3.8, 4) is 23.6 Å². The number of aromatic nitrogens is 4. The molecule has 0 aliphatic heterocycles. The summed E-state index contributed by atoms with van der Waals surface area (Å²) in [5.41, 5.74) is -2.83. The average Bonchev–Trinajstić information content (AvgIpc) is 3.17. The van der Waals surface area contributed by atoms with Crippen LogP contribution in [0.2, 0.25) is 0 Å². The van der Waals surface area contributed by atoms with Crippen molar-refractivity contribution < 1.29 is 26.3 Å². The molecule has 0 aliphatic rings. The Morgan fingerprint density at radius 1 is 0.839 bits per heavy atom. The summed E-state index contributed by atoms with van der Waals surface area (Å²) >= 11 is 0. The number of hydrogen-bond donors (Lipinski definition) is 0. The molecule has 0 N–H and O–H groups in total. The molecule has 0 spiro atoms. The average molecular weight is 434 g/mol. The van der Waals surface area contributed by atoms with Crippen LogP contribution in [0.25, 0.3) is 16.9 Å². The van der Waals surface area contributed by atoms with Crippen molar-refractivity contribution >= 4 is 5.65 Å². The van der Waals surface area contributed by atoms with Crippen LogP contribution in [0, 0.1) is 12.3 Å².